The average molecular weight is 366 g/mol. The molecular formula is C21H18O6. The second-order valence-electron chi connectivity index (χ2n) is 6.18. The summed E-state index contributed by atoms with van der Waals surface area (Å²) in [5.74, 6) is 1.03. The van der Waals surface area contributed by atoms with Crippen LogP contribution in [0.2, 0.25) is 0 Å². The van der Waals surface area contributed by atoms with Crippen molar-refractivity contribution in [3.05, 3.63) is 77.1 Å². The van der Waals surface area contributed by atoms with E-state index in [0.29, 0.717) is 39.7 Å². The third-order valence-corrected chi connectivity index (χ3v) is 4.72. The number of aliphatic hydroxyl groups is 1. The van der Waals surface area contributed by atoms with Crippen molar-refractivity contribution in [2.24, 2.45) is 0 Å². The van der Waals surface area contributed by atoms with Gasteiger partial charge in [0.2, 0.25) is 0 Å². The summed E-state index contributed by atoms with van der Waals surface area (Å²) in [5.41, 5.74) is 1.53. The molecule has 27 heavy (non-hydrogen) atoms. The first-order valence-electron chi connectivity index (χ1n) is 8.41. The smallest absolute Gasteiger partial charge is 0.190 e. The van der Waals surface area contributed by atoms with Crippen molar-refractivity contribution < 1.29 is 28.2 Å². The first-order valence-corrected chi connectivity index (χ1v) is 8.41. The number of fused-ring (bicyclic) bond motifs is 1. The van der Waals surface area contributed by atoms with Gasteiger partial charge in [0.25, 0.3) is 0 Å². The van der Waals surface area contributed by atoms with E-state index in [-0.39, 0.29) is 5.78 Å². The summed E-state index contributed by atoms with van der Waals surface area (Å²) >= 11 is 0. The summed E-state index contributed by atoms with van der Waals surface area (Å²) in [6, 6.07) is 10.2. The molecule has 1 aromatic carbocycles. The van der Waals surface area contributed by atoms with Crippen LogP contribution in [0.4, 0.5) is 0 Å². The fourth-order valence-electron chi connectivity index (χ4n) is 3.46. The van der Waals surface area contributed by atoms with Crippen LogP contribution in [-0.4, -0.2) is 25.1 Å². The third kappa shape index (κ3) is 2.84. The molecule has 0 amide bonds. The number of ketones is 1. The van der Waals surface area contributed by atoms with Gasteiger partial charge in [-0.2, -0.15) is 0 Å². The maximum absolute atomic E-state index is 13.1. The second kappa shape index (κ2) is 6.81. The highest BCUT2D eigenvalue weighted by Gasteiger charge is 2.41. The molecule has 2 aromatic heterocycles. The fourth-order valence-corrected chi connectivity index (χ4v) is 3.46. The standard InChI is InChI=1S/C21H18O6/c1-24-17-10-13-14(11-18(17)25-2)20(22)15(9-12-5-3-7-26-12)19(13)21(23)16-6-4-8-27-16/h3-11,19,21,23H,1-2H3/b15-9+. The van der Waals surface area contributed by atoms with Crippen molar-refractivity contribution >= 4 is 11.9 Å². The van der Waals surface area contributed by atoms with Gasteiger partial charge < -0.3 is 23.4 Å². The Morgan fingerprint density at radius 1 is 1.07 bits per heavy atom. The van der Waals surface area contributed by atoms with Crippen LogP contribution in [0.3, 0.4) is 0 Å². The highest BCUT2D eigenvalue weighted by molar-refractivity contribution is 6.17. The van der Waals surface area contributed by atoms with Gasteiger partial charge in [0.05, 0.1) is 26.7 Å². The molecule has 0 saturated heterocycles. The van der Waals surface area contributed by atoms with Gasteiger partial charge in [-0.25, -0.2) is 0 Å². The Morgan fingerprint density at radius 2 is 1.78 bits per heavy atom. The molecule has 6 heteroatoms. The van der Waals surface area contributed by atoms with Gasteiger partial charge in [-0.3, -0.25) is 4.79 Å². The number of carbonyl (C=O) groups excluding carboxylic acids is 1. The molecule has 3 aromatic rings. The lowest BCUT2D eigenvalue weighted by atomic mass is 9.89. The van der Waals surface area contributed by atoms with Crippen LogP contribution < -0.4 is 9.47 Å². The summed E-state index contributed by atoms with van der Waals surface area (Å²) in [6.45, 7) is 0. The fraction of sp³-hybridized carbons (Fsp3) is 0.190. The molecular weight excluding hydrogens is 348 g/mol. The van der Waals surface area contributed by atoms with Gasteiger partial charge in [-0.15, -0.1) is 0 Å². The van der Waals surface area contributed by atoms with E-state index in [1.54, 1.807) is 42.5 Å². The van der Waals surface area contributed by atoms with Crippen molar-refractivity contribution in [2.75, 3.05) is 14.2 Å². The summed E-state index contributed by atoms with van der Waals surface area (Å²) in [6.07, 6.45) is 3.63. The number of aliphatic hydroxyl groups excluding tert-OH is 1. The first-order chi connectivity index (χ1) is 13.1. The van der Waals surface area contributed by atoms with Crippen molar-refractivity contribution in [1.82, 2.24) is 0 Å². The molecule has 0 aliphatic heterocycles. The van der Waals surface area contributed by atoms with E-state index in [1.165, 1.54) is 26.7 Å². The monoisotopic (exact) mass is 366 g/mol. The molecule has 2 unspecified atom stereocenters. The Balaban J connectivity index is 1.90. The van der Waals surface area contributed by atoms with E-state index in [9.17, 15) is 9.90 Å². The predicted molar refractivity (Wildman–Crippen MR) is 97.0 cm³/mol. The number of methoxy groups -OCH3 is 2. The Kier molecular flexibility index (Phi) is 4.33. The molecule has 0 spiro atoms. The summed E-state index contributed by atoms with van der Waals surface area (Å²) in [5, 5.41) is 11.0. The number of benzene rings is 1. The van der Waals surface area contributed by atoms with E-state index in [1.807, 2.05) is 0 Å². The SMILES string of the molecule is COc1cc2c(cc1OC)C(C(O)c1ccco1)/C(=C\c1ccco1)C2=O. The van der Waals surface area contributed by atoms with Crippen LogP contribution in [0.5, 0.6) is 11.5 Å². The lowest BCUT2D eigenvalue weighted by Gasteiger charge is -2.19. The molecule has 138 valence electrons. The number of hydrogen-bond acceptors (Lipinski definition) is 6. The van der Waals surface area contributed by atoms with Gasteiger partial charge in [0.1, 0.15) is 17.6 Å². The maximum atomic E-state index is 13.1. The van der Waals surface area contributed by atoms with E-state index in [2.05, 4.69) is 0 Å². The Hall–Kier alpha value is -3.25. The molecule has 0 saturated carbocycles. The zero-order valence-electron chi connectivity index (χ0n) is 14.8. The van der Waals surface area contributed by atoms with Crippen LogP contribution in [-0.2, 0) is 0 Å². The molecule has 4 rings (SSSR count). The molecule has 0 fully saturated rings. The Labute approximate surface area is 155 Å². The van der Waals surface area contributed by atoms with Crippen molar-refractivity contribution in [3.63, 3.8) is 0 Å². The minimum atomic E-state index is -1.04. The van der Waals surface area contributed by atoms with Crippen LogP contribution in [0.15, 0.2) is 63.3 Å². The quantitative estimate of drug-likeness (QED) is 0.688. The summed E-state index contributed by atoms with van der Waals surface area (Å²) in [7, 11) is 3.04. The zero-order valence-corrected chi connectivity index (χ0v) is 14.8. The number of rotatable bonds is 5. The molecule has 0 bridgehead atoms. The van der Waals surface area contributed by atoms with Crippen LogP contribution in [0, 0.1) is 0 Å². The maximum Gasteiger partial charge on any atom is 0.190 e. The van der Waals surface area contributed by atoms with Gasteiger partial charge in [-0.1, -0.05) is 0 Å². The number of carbonyl (C=O) groups is 1. The van der Waals surface area contributed by atoms with E-state index in [4.69, 9.17) is 18.3 Å². The number of furan rings is 2. The van der Waals surface area contributed by atoms with E-state index < -0.39 is 12.0 Å². The largest absolute Gasteiger partial charge is 0.493 e. The Bertz CT molecular complexity index is 982. The second-order valence-corrected chi connectivity index (χ2v) is 6.18. The predicted octanol–water partition coefficient (Wildman–Crippen LogP) is 3.99. The summed E-state index contributed by atoms with van der Waals surface area (Å²) < 4.78 is 21.4. The van der Waals surface area contributed by atoms with Gasteiger partial charge in [0.15, 0.2) is 17.3 Å². The van der Waals surface area contributed by atoms with Gasteiger partial charge >= 0.3 is 0 Å². The molecule has 2 heterocycles. The van der Waals surface area contributed by atoms with Crippen LogP contribution in [0.1, 0.15) is 39.5 Å². The van der Waals surface area contributed by atoms with Gasteiger partial charge in [-0.05, 0) is 48.0 Å². The molecule has 2 atom stereocenters. The number of ether oxygens (including phenoxy) is 2. The molecule has 1 N–H and O–H groups in total. The molecule has 1 aliphatic rings. The van der Waals surface area contributed by atoms with E-state index >= 15 is 0 Å². The van der Waals surface area contributed by atoms with Gasteiger partial charge in [0, 0.05) is 17.1 Å². The lowest BCUT2D eigenvalue weighted by Crippen LogP contribution is -2.11. The normalized spacial score (nSPS) is 18.6. The van der Waals surface area contributed by atoms with Crippen molar-refractivity contribution in [3.8, 4) is 11.5 Å². The third-order valence-electron chi connectivity index (χ3n) is 4.72. The number of Topliss-reactive ketones (excluding diaryl/α,β-unsaturated/α-hetero) is 1. The summed E-state index contributed by atoms with van der Waals surface area (Å²) in [4.78, 5) is 13.1. The highest BCUT2D eigenvalue weighted by atomic mass is 16.5. The van der Waals surface area contributed by atoms with Crippen LogP contribution >= 0.6 is 0 Å². The molecule has 1 aliphatic carbocycles. The minimum absolute atomic E-state index is 0.196. The minimum Gasteiger partial charge on any atom is -0.493 e. The Morgan fingerprint density at radius 3 is 2.41 bits per heavy atom. The number of hydrogen-bond donors (Lipinski definition) is 1. The topological polar surface area (TPSA) is 82.0 Å². The highest BCUT2D eigenvalue weighted by Crippen LogP contribution is 2.49. The van der Waals surface area contributed by atoms with E-state index in [0.717, 1.165) is 0 Å². The van der Waals surface area contributed by atoms with Crippen molar-refractivity contribution in [2.45, 2.75) is 12.0 Å². The lowest BCUT2D eigenvalue weighted by molar-refractivity contribution is 0.100. The zero-order chi connectivity index (χ0) is 19.0. The molecule has 6 nitrogen and oxygen atoms in total. The average Bonchev–Trinajstić information content (AvgIpc) is 3.43. The first kappa shape index (κ1) is 17.2. The molecule has 0 radical (unpaired) electrons. The van der Waals surface area contributed by atoms with Crippen molar-refractivity contribution in [1.29, 1.82) is 0 Å². The van der Waals surface area contributed by atoms with Crippen LogP contribution in [0.25, 0.3) is 6.08 Å².